The van der Waals surface area contributed by atoms with Crippen LogP contribution in [0, 0.1) is 0 Å². The van der Waals surface area contributed by atoms with E-state index >= 15 is 0 Å². The van der Waals surface area contributed by atoms with Crippen molar-refractivity contribution in [1.29, 1.82) is 0 Å². The van der Waals surface area contributed by atoms with Gasteiger partial charge >= 0.3 is 0 Å². The van der Waals surface area contributed by atoms with Gasteiger partial charge in [-0.25, -0.2) is 0 Å². The van der Waals surface area contributed by atoms with Crippen molar-refractivity contribution in [2.45, 2.75) is 44.6 Å². The van der Waals surface area contributed by atoms with E-state index in [2.05, 4.69) is 0 Å². The number of hydrogen-bond acceptors (Lipinski definition) is 4. The van der Waals surface area contributed by atoms with Crippen LogP contribution in [0.2, 0.25) is 10.0 Å². The molecular weight excluding hydrogens is 485 g/mol. The van der Waals surface area contributed by atoms with E-state index in [1.54, 1.807) is 49.1 Å². The summed E-state index contributed by atoms with van der Waals surface area (Å²) < 4.78 is 6.61. The van der Waals surface area contributed by atoms with Crippen molar-refractivity contribution in [2.24, 2.45) is 0 Å². The molecule has 1 aliphatic heterocycles. The maximum Gasteiger partial charge on any atom is 0.257 e. The summed E-state index contributed by atoms with van der Waals surface area (Å²) in [6, 6.07) is 20.1. The molecular formula is C28H29Cl2NO4. The quantitative estimate of drug-likeness (QED) is 0.351. The predicted molar refractivity (Wildman–Crippen MR) is 138 cm³/mol. The number of carbonyl (C=O) groups excluding carboxylic acids is 1. The third kappa shape index (κ3) is 5.11. The molecule has 0 aromatic heterocycles. The lowest BCUT2D eigenvalue weighted by Gasteiger charge is -2.40. The molecule has 3 aromatic rings. The van der Waals surface area contributed by atoms with Gasteiger partial charge in [-0.05, 0) is 68.1 Å². The second kappa shape index (κ2) is 10.3. The summed E-state index contributed by atoms with van der Waals surface area (Å²) >= 11 is 12.3. The van der Waals surface area contributed by atoms with E-state index < -0.39 is 11.3 Å². The Morgan fingerprint density at radius 3 is 2.17 bits per heavy atom. The summed E-state index contributed by atoms with van der Waals surface area (Å²) in [5.41, 5.74) is 1.18. The van der Waals surface area contributed by atoms with Gasteiger partial charge in [0.25, 0.3) is 5.91 Å². The average molecular weight is 514 g/mol. The van der Waals surface area contributed by atoms with Crippen LogP contribution in [0.15, 0.2) is 66.7 Å². The Bertz CT molecular complexity index is 1190. The lowest BCUT2D eigenvalue weighted by atomic mass is 9.89. The molecule has 0 saturated heterocycles. The molecule has 1 heterocycles. The molecule has 4 rings (SSSR count). The highest BCUT2D eigenvalue weighted by molar-refractivity contribution is 6.30. The highest BCUT2D eigenvalue weighted by Gasteiger charge is 2.52. The number of amides is 1. The maximum atomic E-state index is 14.0. The van der Waals surface area contributed by atoms with E-state index in [0.717, 1.165) is 11.1 Å². The maximum absolute atomic E-state index is 14.0. The molecule has 3 aromatic carbocycles. The number of aliphatic hydroxyl groups excluding tert-OH is 1. The molecule has 0 saturated carbocycles. The van der Waals surface area contributed by atoms with E-state index in [4.69, 9.17) is 27.9 Å². The molecule has 0 bridgehead atoms. The van der Waals surface area contributed by atoms with Crippen molar-refractivity contribution in [2.75, 3.05) is 13.2 Å². The number of unbranched alkanes of at least 4 members (excludes halogenated alkanes) is 1. The minimum absolute atomic E-state index is 0.0657. The minimum Gasteiger partial charge on any atom is -0.396 e. The molecule has 0 fully saturated rings. The van der Waals surface area contributed by atoms with Crippen LogP contribution in [-0.2, 0) is 22.6 Å². The van der Waals surface area contributed by atoms with Crippen molar-refractivity contribution in [3.8, 4) is 0 Å². The van der Waals surface area contributed by atoms with Crippen molar-refractivity contribution in [3.63, 3.8) is 0 Å². The summed E-state index contributed by atoms with van der Waals surface area (Å²) in [6.07, 6.45) is 1.22. The van der Waals surface area contributed by atoms with E-state index in [-0.39, 0.29) is 19.1 Å². The number of hydrogen-bond donors (Lipinski definition) is 2. The molecule has 184 valence electrons. The number of aliphatic hydroxyl groups is 2. The van der Waals surface area contributed by atoms with Crippen LogP contribution < -0.4 is 0 Å². The Balaban J connectivity index is 1.90. The fourth-order valence-electron chi connectivity index (χ4n) is 4.45. The van der Waals surface area contributed by atoms with E-state index in [1.165, 1.54) is 0 Å². The van der Waals surface area contributed by atoms with Crippen molar-refractivity contribution < 1.29 is 19.7 Å². The molecule has 0 spiro atoms. The molecule has 5 nitrogen and oxygen atoms in total. The second-order valence-corrected chi connectivity index (χ2v) is 10.1. The van der Waals surface area contributed by atoms with Crippen LogP contribution in [0.1, 0.15) is 59.3 Å². The number of nitrogens with zero attached hydrogens (tertiary/aromatic N) is 1. The van der Waals surface area contributed by atoms with Gasteiger partial charge in [-0.3, -0.25) is 9.69 Å². The SMILES string of the molecule is CC(C)(O)c1ccc2c(c1)C(=O)N(Cc1ccc(Cl)cc1)[C@@]2(OCCCCO)c1ccc(Cl)cc1. The zero-order valence-electron chi connectivity index (χ0n) is 19.8. The molecule has 0 radical (unpaired) electrons. The number of fused-ring (bicyclic) bond motifs is 1. The molecule has 1 aliphatic rings. The van der Waals surface area contributed by atoms with Crippen LogP contribution in [0.5, 0.6) is 0 Å². The number of ether oxygens (including phenoxy) is 1. The van der Waals surface area contributed by atoms with Gasteiger partial charge in [0.05, 0.1) is 12.2 Å². The standard InChI is InChI=1S/C28H29Cl2NO4/c1-27(2,34)21-9-14-25-24(17-21)26(33)31(18-19-5-10-22(29)11-6-19)28(25,35-16-4-3-15-32)20-7-12-23(30)13-8-20/h5-14,17,32,34H,3-4,15-16,18H2,1-2H3/t28-/m1/s1. The fraction of sp³-hybridized carbons (Fsp3) is 0.321. The first-order valence-electron chi connectivity index (χ1n) is 11.6. The third-order valence-corrected chi connectivity index (χ3v) is 6.80. The van der Waals surface area contributed by atoms with Gasteiger partial charge in [-0.15, -0.1) is 0 Å². The van der Waals surface area contributed by atoms with Gasteiger partial charge < -0.3 is 14.9 Å². The van der Waals surface area contributed by atoms with Crippen molar-refractivity contribution in [1.82, 2.24) is 4.90 Å². The summed E-state index contributed by atoms with van der Waals surface area (Å²) in [5, 5.41) is 21.1. The van der Waals surface area contributed by atoms with E-state index in [1.807, 2.05) is 36.4 Å². The molecule has 2 N–H and O–H groups in total. The van der Waals surface area contributed by atoms with E-state index in [9.17, 15) is 15.0 Å². The van der Waals surface area contributed by atoms with Crippen LogP contribution >= 0.6 is 23.2 Å². The van der Waals surface area contributed by atoms with Gasteiger partial charge in [0, 0.05) is 39.9 Å². The summed E-state index contributed by atoms with van der Waals surface area (Å²) in [4.78, 5) is 15.7. The Morgan fingerprint density at radius 2 is 1.57 bits per heavy atom. The molecule has 7 heteroatoms. The van der Waals surface area contributed by atoms with Gasteiger partial charge in [0.1, 0.15) is 0 Å². The second-order valence-electron chi connectivity index (χ2n) is 9.27. The topological polar surface area (TPSA) is 70.0 Å². The first kappa shape index (κ1) is 25.7. The van der Waals surface area contributed by atoms with Crippen LogP contribution in [0.3, 0.4) is 0 Å². The van der Waals surface area contributed by atoms with Crippen molar-refractivity contribution in [3.05, 3.63) is 105 Å². The van der Waals surface area contributed by atoms with Gasteiger partial charge in [-0.1, -0.05) is 59.6 Å². The number of carbonyl (C=O) groups is 1. The zero-order valence-corrected chi connectivity index (χ0v) is 21.3. The Hall–Kier alpha value is -2.41. The zero-order chi connectivity index (χ0) is 25.2. The minimum atomic E-state index is -1.20. The highest BCUT2D eigenvalue weighted by atomic mass is 35.5. The van der Waals surface area contributed by atoms with Gasteiger partial charge in [0.2, 0.25) is 0 Å². The van der Waals surface area contributed by atoms with Crippen LogP contribution in [0.25, 0.3) is 0 Å². The number of halogens is 2. The van der Waals surface area contributed by atoms with Crippen molar-refractivity contribution >= 4 is 29.1 Å². The predicted octanol–water partition coefficient (Wildman–Crippen LogP) is 5.87. The number of rotatable bonds is 9. The van der Waals surface area contributed by atoms with E-state index in [0.29, 0.717) is 46.2 Å². The smallest absolute Gasteiger partial charge is 0.257 e. The lowest BCUT2D eigenvalue weighted by Crippen LogP contribution is -2.46. The molecule has 35 heavy (non-hydrogen) atoms. The molecule has 1 amide bonds. The molecule has 0 unspecified atom stereocenters. The van der Waals surface area contributed by atoms with Gasteiger partial charge in [-0.2, -0.15) is 0 Å². The summed E-state index contributed by atoms with van der Waals surface area (Å²) in [5.74, 6) is -0.196. The summed E-state index contributed by atoms with van der Waals surface area (Å²) in [7, 11) is 0. The molecule has 1 atom stereocenters. The Labute approximate surface area is 215 Å². The normalized spacial score (nSPS) is 17.7. The Kier molecular flexibility index (Phi) is 7.55. The highest BCUT2D eigenvalue weighted by Crippen LogP contribution is 2.47. The third-order valence-electron chi connectivity index (χ3n) is 6.30. The van der Waals surface area contributed by atoms with Crippen LogP contribution in [0.4, 0.5) is 0 Å². The fourth-order valence-corrected chi connectivity index (χ4v) is 4.70. The Morgan fingerprint density at radius 1 is 0.943 bits per heavy atom. The van der Waals surface area contributed by atoms with Crippen LogP contribution in [-0.4, -0.2) is 34.2 Å². The summed E-state index contributed by atoms with van der Waals surface area (Å²) in [6.45, 7) is 4.07. The first-order chi connectivity index (χ1) is 16.7. The number of benzene rings is 3. The monoisotopic (exact) mass is 513 g/mol. The average Bonchev–Trinajstić information content (AvgIpc) is 3.06. The molecule has 0 aliphatic carbocycles. The lowest BCUT2D eigenvalue weighted by molar-refractivity contribution is -0.112. The largest absolute Gasteiger partial charge is 0.396 e. The van der Waals surface area contributed by atoms with Gasteiger partial charge in [0.15, 0.2) is 5.72 Å². The first-order valence-corrected chi connectivity index (χ1v) is 12.4.